The number of nitrogens with two attached hydrogens (primary N) is 1. The molecule has 0 spiro atoms. The van der Waals surface area contributed by atoms with E-state index in [1.165, 1.54) is 0 Å². The average molecular weight is 285 g/mol. The quantitative estimate of drug-likeness (QED) is 0.905. The van der Waals surface area contributed by atoms with Gasteiger partial charge in [-0.3, -0.25) is 4.79 Å². The zero-order valence-electron chi connectivity index (χ0n) is 12.0. The van der Waals surface area contributed by atoms with Crippen molar-refractivity contribution >= 4 is 22.6 Å². The Balaban J connectivity index is 1.91. The summed E-state index contributed by atoms with van der Waals surface area (Å²) in [5.41, 5.74) is 7.11. The van der Waals surface area contributed by atoms with Crippen LogP contribution >= 0.6 is 0 Å². The Kier molecular flexibility index (Phi) is 3.75. The molecule has 1 saturated carbocycles. The molecular weight excluding hydrogens is 266 g/mol. The Morgan fingerprint density at radius 3 is 3.00 bits per heavy atom. The molecule has 5 heteroatoms. The molecule has 3 N–H and O–H groups in total. The van der Waals surface area contributed by atoms with Crippen LogP contribution in [0.5, 0.6) is 0 Å². The number of methoxy groups -OCH3 is 1. The smallest absolute Gasteiger partial charge is 0.252 e. The molecule has 1 amide bonds. The summed E-state index contributed by atoms with van der Waals surface area (Å²) in [6, 6.07) is 9.22. The number of rotatable bonds is 3. The Hall–Kier alpha value is -2.14. The number of benzene rings is 1. The molecule has 1 aromatic heterocycles. The first kappa shape index (κ1) is 13.8. The fourth-order valence-electron chi connectivity index (χ4n) is 3.00. The van der Waals surface area contributed by atoms with E-state index in [4.69, 9.17) is 10.5 Å². The normalized spacial score (nSPS) is 21.6. The van der Waals surface area contributed by atoms with Crippen LogP contribution in [-0.4, -0.2) is 30.1 Å². The second-order valence-corrected chi connectivity index (χ2v) is 5.40. The van der Waals surface area contributed by atoms with E-state index < -0.39 is 0 Å². The number of hydrogen-bond donors (Lipinski definition) is 2. The summed E-state index contributed by atoms with van der Waals surface area (Å²) in [6.45, 7) is 0. The van der Waals surface area contributed by atoms with Crippen molar-refractivity contribution in [3.05, 3.63) is 35.9 Å². The van der Waals surface area contributed by atoms with Crippen LogP contribution in [-0.2, 0) is 4.74 Å². The highest BCUT2D eigenvalue weighted by Crippen LogP contribution is 2.24. The second-order valence-electron chi connectivity index (χ2n) is 5.40. The lowest BCUT2D eigenvalue weighted by Gasteiger charge is -2.20. The molecular formula is C16H19N3O2. The molecule has 21 heavy (non-hydrogen) atoms. The van der Waals surface area contributed by atoms with Crippen LogP contribution in [0.15, 0.2) is 30.3 Å². The Morgan fingerprint density at radius 1 is 1.38 bits per heavy atom. The molecule has 1 fully saturated rings. The van der Waals surface area contributed by atoms with Crippen molar-refractivity contribution in [1.29, 1.82) is 0 Å². The van der Waals surface area contributed by atoms with Crippen molar-refractivity contribution in [3.63, 3.8) is 0 Å². The topological polar surface area (TPSA) is 77.2 Å². The third-order valence-electron chi connectivity index (χ3n) is 4.05. The molecule has 3 rings (SSSR count). The standard InChI is InChI=1S/C16H19N3O2/c1-21-14-8-4-7-13(14)19-16(20)11-9-15(17)18-12-6-3-2-5-10(11)12/h2-3,5-6,9,13-14H,4,7-8H2,1H3,(H2,17,18)(H,19,20). The van der Waals surface area contributed by atoms with E-state index in [-0.39, 0.29) is 18.1 Å². The van der Waals surface area contributed by atoms with Gasteiger partial charge < -0.3 is 15.8 Å². The number of nitrogen functional groups attached to an aromatic ring is 1. The molecule has 0 radical (unpaired) electrons. The van der Waals surface area contributed by atoms with Crippen molar-refractivity contribution in [3.8, 4) is 0 Å². The number of para-hydroxylation sites is 1. The third-order valence-corrected chi connectivity index (χ3v) is 4.05. The monoisotopic (exact) mass is 285 g/mol. The van der Waals surface area contributed by atoms with Gasteiger partial charge in [-0.1, -0.05) is 18.2 Å². The van der Waals surface area contributed by atoms with Crippen LogP contribution < -0.4 is 11.1 Å². The summed E-state index contributed by atoms with van der Waals surface area (Å²) in [5.74, 6) is 0.239. The average Bonchev–Trinajstić information content (AvgIpc) is 2.93. The van der Waals surface area contributed by atoms with Gasteiger partial charge in [0, 0.05) is 12.5 Å². The lowest BCUT2D eigenvalue weighted by molar-refractivity contribution is 0.0723. The van der Waals surface area contributed by atoms with Crippen LogP contribution in [0.4, 0.5) is 5.82 Å². The minimum Gasteiger partial charge on any atom is -0.384 e. The van der Waals surface area contributed by atoms with Gasteiger partial charge in [-0.05, 0) is 31.4 Å². The predicted molar refractivity (Wildman–Crippen MR) is 82.1 cm³/mol. The number of carbonyl (C=O) groups is 1. The van der Waals surface area contributed by atoms with E-state index in [0.717, 1.165) is 30.2 Å². The Bertz CT molecular complexity index is 672. The largest absolute Gasteiger partial charge is 0.384 e. The number of anilines is 1. The molecule has 2 unspecified atom stereocenters. The number of fused-ring (bicyclic) bond motifs is 1. The third kappa shape index (κ3) is 2.69. The van der Waals surface area contributed by atoms with Gasteiger partial charge in [0.25, 0.3) is 5.91 Å². The molecule has 5 nitrogen and oxygen atoms in total. The lowest BCUT2D eigenvalue weighted by atomic mass is 10.1. The van der Waals surface area contributed by atoms with Crippen LogP contribution in [0.2, 0.25) is 0 Å². The van der Waals surface area contributed by atoms with Gasteiger partial charge in [-0.25, -0.2) is 4.98 Å². The summed E-state index contributed by atoms with van der Waals surface area (Å²) in [4.78, 5) is 16.8. The van der Waals surface area contributed by atoms with Gasteiger partial charge in [-0.15, -0.1) is 0 Å². The highest BCUT2D eigenvalue weighted by Gasteiger charge is 2.29. The number of aromatic nitrogens is 1. The molecule has 1 aliphatic carbocycles. The molecule has 110 valence electrons. The number of hydrogen-bond acceptors (Lipinski definition) is 4. The van der Waals surface area contributed by atoms with Crippen molar-refractivity contribution in [1.82, 2.24) is 10.3 Å². The van der Waals surface area contributed by atoms with Gasteiger partial charge in [0.2, 0.25) is 0 Å². The summed E-state index contributed by atoms with van der Waals surface area (Å²) in [5, 5.41) is 3.88. The zero-order chi connectivity index (χ0) is 14.8. The van der Waals surface area contributed by atoms with E-state index in [1.807, 2.05) is 24.3 Å². The molecule has 1 aromatic carbocycles. The van der Waals surface area contributed by atoms with E-state index in [9.17, 15) is 4.79 Å². The highest BCUT2D eigenvalue weighted by atomic mass is 16.5. The van der Waals surface area contributed by atoms with Crippen molar-refractivity contribution in [2.75, 3.05) is 12.8 Å². The maximum Gasteiger partial charge on any atom is 0.252 e. The Morgan fingerprint density at radius 2 is 2.19 bits per heavy atom. The summed E-state index contributed by atoms with van der Waals surface area (Å²) >= 11 is 0. The maximum atomic E-state index is 12.6. The van der Waals surface area contributed by atoms with E-state index >= 15 is 0 Å². The van der Waals surface area contributed by atoms with E-state index in [0.29, 0.717) is 11.4 Å². The molecule has 2 atom stereocenters. The minimum absolute atomic E-state index is 0.0654. The van der Waals surface area contributed by atoms with Gasteiger partial charge in [0.15, 0.2) is 0 Å². The molecule has 1 heterocycles. The van der Waals surface area contributed by atoms with Crippen LogP contribution in [0.25, 0.3) is 10.9 Å². The van der Waals surface area contributed by atoms with Crippen molar-refractivity contribution in [2.45, 2.75) is 31.4 Å². The minimum atomic E-state index is -0.116. The number of amides is 1. The van der Waals surface area contributed by atoms with E-state index in [2.05, 4.69) is 10.3 Å². The molecule has 1 aliphatic rings. The second kappa shape index (κ2) is 5.69. The van der Waals surface area contributed by atoms with Crippen LogP contribution in [0.3, 0.4) is 0 Å². The number of pyridine rings is 1. The number of carbonyl (C=O) groups excluding carboxylic acids is 1. The maximum absolute atomic E-state index is 12.6. The summed E-state index contributed by atoms with van der Waals surface area (Å²) in [7, 11) is 1.69. The van der Waals surface area contributed by atoms with Gasteiger partial charge in [0.05, 0.1) is 23.2 Å². The van der Waals surface area contributed by atoms with Crippen LogP contribution in [0.1, 0.15) is 29.6 Å². The first-order chi connectivity index (χ1) is 10.2. The first-order valence-corrected chi connectivity index (χ1v) is 7.18. The molecule has 0 saturated heterocycles. The number of nitrogens with one attached hydrogen (secondary N) is 1. The van der Waals surface area contributed by atoms with Gasteiger partial charge >= 0.3 is 0 Å². The van der Waals surface area contributed by atoms with Crippen LogP contribution in [0, 0.1) is 0 Å². The summed E-state index contributed by atoms with van der Waals surface area (Å²) in [6.07, 6.45) is 3.10. The number of nitrogens with zero attached hydrogens (tertiary/aromatic N) is 1. The summed E-state index contributed by atoms with van der Waals surface area (Å²) < 4.78 is 5.42. The SMILES string of the molecule is COC1CCCC1NC(=O)c1cc(N)nc2ccccc12. The molecule has 0 aliphatic heterocycles. The van der Waals surface area contributed by atoms with Crippen molar-refractivity contribution < 1.29 is 9.53 Å². The zero-order valence-corrected chi connectivity index (χ0v) is 12.0. The predicted octanol–water partition coefficient (Wildman–Crippen LogP) is 2.11. The fourth-order valence-corrected chi connectivity index (χ4v) is 3.00. The van der Waals surface area contributed by atoms with Gasteiger partial charge in [0.1, 0.15) is 5.82 Å². The van der Waals surface area contributed by atoms with Gasteiger partial charge in [-0.2, -0.15) is 0 Å². The van der Waals surface area contributed by atoms with Crippen molar-refractivity contribution in [2.24, 2.45) is 0 Å². The lowest BCUT2D eigenvalue weighted by Crippen LogP contribution is -2.40. The fraction of sp³-hybridized carbons (Fsp3) is 0.375. The first-order valence-electron chi connectivity index (χ1n) is 7.18. The van der Waals surface area contributed by atoms with E-state index in [1.54, 1.807) is 13.2 Å². The number of ether oxygens (including phenoxy) is 1. The highest BCUT2D eigenvalue weighted by molar-refractivity contribution is 6.07. The Labute approximate surface area is 123 Å². The molecule has 0 bridgehead atoms. The molecule has 2 aromatic rings.